The van der Waals surface area contributed by atoms with Gasteiger partial charge in [-0.1, -0.05) is 80.9 Å². The van der Waals surface area contributed by atoms with E-state index in [0.29, 0.717) is 43.1 Å². The fourth-order valence-corrected chi connectivity index (χ4v) is 13.0. The lowest BCUT2D eigenvalue weighted by molar-refractivity contribution is -0.253. The van der Waals surface area contributed by atoms with Gasteiger partial charge in [0.25, 0.3) is 0 Å². The molecule has 5 aliphatic rings. The lowest BCUT2D eigenvalue weighted by Gasteiger charge is -2.71. The van der Waals surface area contributed by atoms with Gasteiger partial charge in [-0.2, -0.15) is 10.4 Å². The van der Waals surface area contributed by atoms with Crippen molar-refractivity contribution in [3.63, 3.8) is 0 Å². The number of rotatable bonds is 8. The molecule has 4 aliphatic carbocycles. The summed E-state index contributed by atoms with van der Waals surface area (Å²) in [6.45, 7) is 26.4. The highest BCUT2D eigenvalue weighted by molar-refractivity contribution is 5.73. The van der Waals surface area contributed by atoms with Crippen LogP contribution in [0.3, 0.4) is 0 Å². The van der Waals surface area contributed by atoms with Crippen LogP contribution in [0.2, 0.25) is 0 Å². The molecule has 7 rings (SSSR count). The van der Waals surface area contributed by atoms with Crippen LogP contribution in [-0.4, -0.2) is 57.3 Å². The average molecular weight is 754 g/mol. The van der Waals surface area contributed by atoms with E-state index in [1.807, 2.05) is 24.3 Å². The van der Waals surface area contributed by atoms with Gasteiger partial charge in [0.05, 0.1) is 49.5 Å². The molecule has 1 aliphatic heterocycles. The van der Waals surface area contributed by atoms with Gasteiger partial charge in [0.2, 0.25) is 0 Å². The van der Waals surface area contributed by atoms with Gasteiger partial charge in [0.1, 0.15) is 6.33 Å². The van der Waals surface area contributed by atoms with Crippen molar-refractivity contribution in [3.05, 3.63) is 47.8 Å². The van der Waals surface area contributed by atoms with Gasteiger partial charge in [0.15, 0.2) is 5.82 Å². The molecule has 1 aromatic heterocycles. The van der Waals surface area contributed by atoms with Crippen LogP contribution in [0.15, 0.2) is 42.2 Å². The van der Waals surface area contributed by atoms with Crippen molar-refractivity contribution in [1.29, 1.82) is 5.26 Å². The van der Waals surface area contributed by atoms with E-state index in [1.54, 1.807) is 6.33 Å². The second kappa shape index (κ2) is 13.2. The van der Waals surface area contributed by atoms with Crippen LogP contribution >= 0.6 is 0 Å². The Balaban J connectivity index is 1.36. The number of allylic oxidation sites excluding steroid dienone is 1. The number of nitrogens with two attached hydrogens (primary N) is 1. The van der Waals surface area contributed by atoms with Crippen molar-refractivity contribution in [3.8, 4) is 17.5 Å². The number of ether oxygens (including phenoxy) is 2. The number of hydrogen-bond donors (Lipinski definition) is 2. The number of nitriles is 1. The van der Waals surface area contributed by atoms with Gasteiger partial charge >= 0.3 is 5.97 Å². The summed E-state index contributed by atoms with van der Waals surface area (Å²) < 4.78 is 16.1. The number of carbonyl (C=O) groups is 1. The summed E-state index contributed by atoms with van der Waals surface area (Å²) in [6.07, 6.45) is 9.44. The normalized spacial score (nSPS) is 40.1. The predicted octanol–water partition coefficient (Wildman–Crippen LogP) is 9.10. The topological polar surface area (TPSA) is 136 Å². The molecule has 0 spiro atoms. The maximum absolute atomic E-state index is 13.6. The lowest BCUT2D eigenvalue weighted by atomic mass is 9.34. The fraction of sp³-hybridized carbons (Fsp3) is 0.739. The van der Waals surface area contributed by atoms with Gasteiger partial charge in [-0.05, 0) is 115 Å². The Hall–Kier alpha value is -3.06. The molecular weight excluding hydrogens is 687 g/mol. The number of carboxylic acids is 1. The molecule has 2 aromatic rings. The first kappa shape index (κ1) is 40.1. The van der Waals surface area contributed by atoms with E-state index in [9.17, 15) is 15.2 Å². The van der Waals surface area contributed by atoms with Crippen LogP contribution in [0.1, 0.15) is 126 Å². The largest absolute Gasteiger partial charge is 0.481 e. The summed E-state index contributed by atoms with van der Waals surface area (Å²) in [6, 6.07) is 9.66. The molecule has 12 atom stereocenters. The van der Waals surface area contributed by atoms with Crippen LogP contribution in [0, 0.1) is 73.4 Å². The van der Waals surface area contributed by atoms with Crippen LogP contribution in [0.4, 0.5) is 0 Å². The molecule has 0 amide bonds. The van der Waals surface area contributed by atoms with Crippen molar-refractivity contribution < 1.29 is 19.4 Å². The molecule has 1 aromatic carbocycles. The molecule has 3 saturated carbocycles. The number of hydrogen-bond acceptors (Lipinski definition) is 7. The average Bonchev–Trinajstić information content (AvgIpc) is 3.60. The molecule has 55 heavy (non-hydrogen) atoms. The zero-order valence-electron chi connectivity index (χ0n) is 35.4. The minimum Gasteiger partial charge on any atom is -0.481 e. The number of carboxylic acid groups (broad SMARTS) is 1. The minimum absolute atomic E-state index is 0.164. The smallest absolute Gasteiger partial charge is 0.307 e. The van der Waals surface area contributed by atoms with E-state index in [-0.39, 0.29) is 45.1 Å². The van der Waals surface area contributed by atoms with E-state index in [0.717, 1.165) is 49.9 Å². The quantitative estimate of drug-likeness (QED) is 0.255. The highest BCUT2D eigenvalue weighted by Gasteiger charge is 2.72. The molecule has 1 saturated heterocycles. The lowest BCUT2D eigenvalue weighted by Crippen LogP contribution is -2.69. The number of fused-ring (bicyclic) bond motifs is 3. The first-order valence-corrected chi connectivity index (χ1v) is 20.9. The number of aromatic nitrogens is 3. The molecule has 2 bridgehead atoms. The van der Waals surface area contributed by atoms with E-state index in [4.69, 9.17) is 25.3 Å². The summed E-state index contributed by atoms with van der Waals surface area (Å²) in [5, 5.41) is 25.7. The zero-order chi connectivity index (χ0) is 40.1. The highest BCUT2D eigenvalue weighted by Crippen LogP contribution is 2.75. The van der Waals surface area contributed by atoms with Crippen molar-refractivity contribution in [2.75, 3.05) is 19.8 Å². The Morgan fingerprint density at radius 3 is 2.38 bits per heavy atom. The second-order valence-electron chi connectivity index (χ2n) is 21.2. The third kappa shape index (κ3) is 5.73. The summed E-state index contributed by atoms with van der Waals surface area (Å²) >= 11 is 0. The number of nitrogens with zero attached hydrogens (tertiary/aromatic N) is 4. The fourth-order valence-electron chi connectivity index (χ4n) is 13.0. The maximum Gasteiger partial charge on any atom is 0.307 e. The van der Waals surface area contributed by atoms with Gasteiger partial charge < -0.3 is 20.3 Å². The third-order valence-electron chi connectivity index (χ3n) is 17.5. The van der Waals surface area contributed by atoms with Crippen LogP contribution in [0.5, 0.6) is 0 Å². The molecule has 9 heteroatoms. The Kier molecular flexibility index (Phi) is 9.67. The first-order chi connectivity index (χ1) is 25.6. The molecule has 3 N–H and O–H groups in total. The molecule has 2 heterocycles. The summed E-state index contributed by atoms with van der Waals surface area (Å²) in [7, 11) is 0. The van der Waals surface area contributed by atoms with Crippen LogP contribution < -0.4 is 5.73 Å². The predicted molar refractivity (Wildman–Crippen MR) is 215 cm³/mol. The maximum atomic E-state index is 13.6. The van der Waals surface area contributed by atoms with Gasteiger partial charge in [-0.25, -0.2) is 9.67 Å². The number of benzene rings is 1. The van der Waals surface area contributed by atoms with Gasteiger partial charge in [-0.15, -0.1) is 0 Å². The van der Waals surface area contributed by atoms with Crippen molar-refractivity contribution in [1.82, 2.24) is 14.8 Å². The van der Waals surface area contributed by atoms with E-state index in [1.165, 1.54) is 5.57 Å². The Morgan fingerprint density at radius 1 is 1.07 bits per heavy atom. The Bertz CT molecular complexity index is 1870. The monoisotopic (exact) mass is 754 g/mol. The SMILES string of the molecule is CC(C)[C@@H](C)[C@@]1(C)CC[C@]2(C)[C@H]3CC[C@@H]4[C@@]5(COC[C@]4(C)[C@@H](OC[C@](C)(N)C(C)(C)C)[C@H](n4ncnc4-c4ccc(C#N)cc4)C5)C3=CC[C@@]2(C)[C@@H]1C(=O)O. The Labute approximate surface area is 329 Å². The molecule has 4 fully saturated rings. The standard InChI is InChI=1S/C46H67N5O4/c1-28(2)29(3)41(7)20-21-43(9)32-16-17-35-42(8)24-54-26-46(35,33(32)18-19-44(43,10)36(41)39(52)53)22-34(37(42)55-25-45(11,48)40(4,5)6)51-38(49-27-50-51)31-14-12-30(23-47)13-15-31/h12-15,18,27-29,32,34-37H,16-17,19-22,24-26,48H2,1-11H3,(H,52,53)/t29-,32+,34-,35+,36-,37+,41-,42+,43-,44+,45+,46+/m1/s1. The Morgan fingerprint density at radius 2 is 1.76 bits per heavy atom. The minimum atomic E-state index is -0.637. The summed E-state index contributed by atoms with van der Waals surface area (Å²) in [5.41, 5.74) is 7.77. The van der Waals surface area contributed by atoms with Crippen molar-refractivity contribution in [2.45, 2.75) is 132 Å². The van der Waals surface area contributed by atoms with Gasteiger partial charge in [-0.3, -0.25) is 4.79 Å². The van der Waals surface area contributed by atoms with Crippen molar-refractivity contribution >= 4 is 5.97 Å². The zero-order valence-corrected chi connectivity index (χ0v) is 35.4. The summed E-state index contributed by atoms with van der Waals surface area (Å²) in [5.74, 6) is 0.952. The molecule has 300 valence electrons. The second-order valence-corrected chi connectivity index (χ2v) is 21.2. The first-order valence-electron chi connectivity index (χ1n) is 20.9. The van der Waals surface area contributed by atoms with E-state index < -0.39 is 22.8 Å². The van der Waals surface area contributed by atoms with Crippen LogP contribution in [0.25, 0.3) is 11.4 Å². The molecule has 0 unspecified atom stereocenters. The molecular formula is C46H67N5O4. The third-order valence-corrected chi connectivity index (χ3v) is 17.5. The van der Waals surface area contributed by atoms with Crippen LogP contribution in [-0.2, 0) is 14.3 Å². The van der Waals surface area contributed by atoms with Gasteiger partial charge in [0, 0.05) is 21.9 Å². The van der Waals surface area contributed by atoms with E-state index >= 15 is 0 Å². The highest BCUT2D eigenvalue weighted by atomic mass is 16.5. The van der Waals surface area contributed by atoms with E-state index in [2.05, 4.69) is 93.0 Å². The summed E-state index contributed by atoms with van der Waals surface area (Å²) in [4.78, 5) is 18.4. The van der Waals surface area contributed by atoms with Crippen molar-refractivity contribution in [2.24, 2.45) is 67.8 Å². The molecule has 9 nitrogen and oxygen atoms in total. The molecule has 0 radical (unpaired) electrons. The number of aliphatic carboxylic acids is 1.